The van der Waals surface area contributed by atoms with Crippen molar-refractivity contribution in [1.82, 2.24) is 0 Å². The molecule has 1 aliphatic rings. The monoisotopic (exact) mass is 440 g/mol. The molecule has 0 bridgehead atoms. The van der Waals surface area contributed by atoms with Crippen molar-refractivity contribution in [2.75, 3.05) is 24.6 Å². The molecule has 172 valence electrons. The van der Waals surface area contributed by atoms with Gasteiger partial charge in [-0.05, 0) is 68.0 Å². The molecule has 1 heterocycles. The third-order valence-electron chi connectivity index (χ3n) is 6.18. The van der Waals surface area contributed by atoms with Crippen LogP contribution in [0.4, 0.5) is 10.1 Å². The minimum atomic E-state index is -0.583. The summed E-state index contributed by atoms with van der Waals surface area (Å²) in [6.45, 7) is 5.88. The van der Waals surface area contributed by atoms with Crippen molar-refractivity contribution in [2.24, 2.45) is 5.73 Å². The van der Waals surface area contributed by atoms with Gasteiger partial charge in [-0.3, -0.25) is 4.79 Å². The zero-order chi connectivity index (χ0) is 23.1. The normalized spacial score (nSPS) is 15.8. The Kier molecular flexibility index (Phi) is 8.26. The number of primary amides is 1. The molecule has 0 aromatic heterocycles. The van der Waals surface area contributed by atoms with Gasteiger partial charge in [0.2, 0.25) is 5.91 Å². The van der Waals surface area contributed by atoms with E-state index < -0.39 is 17.8 Å². The second-order valence-electron chi connectivity index (χ2n) is 8.37. The molecule has 5 nitrogen and oxygen atoms in total. The predicted molar refractivity (Wildman–Crippen MR) is 124 cm³/mol. The number of hydrogen-bond donors (Lipinski definition) is 1. The molecule has 2 aromatic rings. The molecular formula is C26H33FN2O3. The molecule has 2 unspecified atom stereocenters. The summed E-state index contributed by atoms with van der Waals surface area (Å²) in [6, 6.07) is 11.7. The van der Waals surface area contributed by atoms with Gasteiger partial charge in [0.15, 0.2) is 0 Å². The number of carbonyl (C=O) groups is 2. The van der Waals surface area contributed by atoms with Crippen LogP contribution in [0, 0.1) is 5.82 Å². The van der Waals surface area contributed by atoms with Crippen molar-refractivity contribution >= 4 is 17.6 Å². The lowest BCUT2D eigenvalue weighted by molar-refractivity contribution is -0.120. The highest BCUT2D eigenvalue weighted by Crippen LogP contribution is 2.41. The van der Waals surface area contributed by atoms with E-state index in [1.54, 1.807) is 37.3 Å². The lowest BCUT2D eigenvalue weighted by Crippen LogP contribution is -2.32. The third-order valence-corrected chi connectivity index (χ3v) is 6.18. The largest absolute Gasteiger partial charge is 0.462 e. The summed E-state index contributed by atoms with van der Waals surface area (Å²) in [7, 11) is 0. The Bertz CT molecular complexity index is 923. The van der Waals surface area contributed by atoms with Crippen LogP contribution in [-0.2, 0) is 9.53 Å². The zero-order valence-electron chi connectivity index (χ0n) is 19.0. The van der Waals surface area contributed by atoms with Crippen LogP contribution in [0.3, 0.4) is 0 Å². The molecule has 1 amide bonds. The zero-order valence-corrected chi connectivity index (χ0v) is 19.0. The molecule has 0 radical (unpaired) electrons. The second-order valence-corrected chi connectivity index (χ2v) is 8.37. The molecular weight excluding hydrogens is 407 g/mol. The summed E-state index contributed by atoms with van der Waals surface area (Å²) in [5, 5.41) is 0. The minimum Gasteiger partial charge on any atom is -0.462 e. The van der Waals surface area contributed by atoms with Crippen molar-refractivity contribution in [1.29, 1.82) is 0 Å². The molecule has 1 saturated heterocycles. The fourth-order valence-corrected chi connectivity index (χ4v) is 4.69. The van der Waals surface area contributed by atoms with Gasteiger partial charge in [0, 0.05) is 24.7 Å². The summed E-state index contributed by atoms with van der Waals surface area (Å²) in [6.07, 6.45) is 4.91. The molecule has 2 atom stereocenters. The number of halogens is 1. The fourth-order valence-electron chi connectivity index (χ4n) is 4.69. The number of nitrogens with zero attached hydrogens (tertiary/aromatic N) is 1. The van der Waals surface area contributed by atoms with Gasteiger partial charge >= 0.3 is 5.97 Å². The maximum atomic E-state index is 14.3. The van der Waals surface area contributed by atoms with Gasteiger partial charge in [0.1, 0.15) is 5.82 Å². The molecule has 1 fully saturated rings. The van der Waals surface area contributed by atoms with Gasteiger partial charge < -0.3 is 15.4 Å². The van der Waals surface area contributed by atoms with E-state index in [4.69, 9.17) is 10.5 Å². The van der Waals surface area contributed by atoms with Crippen LogP contribution < -0.4 is 10.6 Å². The topological polar surface area (TPSA) is 72.6 Å². The Morgan fingerprint density at radius 3 is 2.34 bits per heavy atom. The average molecular weight is 441 g/mol. The fraction of sp³-hybridized carbons (Fsp3) is 0.462. The first-order valence-electron chi connectivity index (χ1n) is 11.6. The maximum absolute atomic E-state index is 14.3. The summed E-state index contributed by atoms with van der Waals surface area (Å²) in [5.74, 6) is -1.88. The van der Waals surface area contributed by atoms with Crippen molar-refractivity contribution in [3.8, 4) is 0 Å². The Hall–Kier alpha value is -2.89. The molecule has 32 heavy (non-hydrogen) atoms. The Balaban J connectivity index is 2.02. The number of carbonyl (C=O) groups excluding carboxylic acids is 2. The number of hydrogen-bond acceptors (Lipinski definition) is 4. The van der Waals surface area contributed by atoms with Crippen LogP contribution in [0.5, 0.6) is 0 Å². The molecule has 2 aromatic carbocycles. The first-order chi connectivity index (χ1) is 15.5. The number of nitrogens with two attached hydrogens (primary N) is 1. The van der Waals surface area contributed by atoms with E-state index in [2.05, 4.69) is 11.8 Å². The van der Waals surface area contributed by atoms with Crippen LogP contribution in [0.25, 0.3) is 0 Å². The number of amides is 1. The number of anilines is 1. The highest BCUT2D eigenvalue weighted by atomic mass is 19.1. The molecule has 2 N–H and O–H groups in total. The van der Waals surface area contributed by atoms with E-state index in [0.29, 0.717) is 12.2 Å². The summed E-state index contributed by atoms with van der Waals surface area (Å²) in [4.78, 5) is 27.0. The van der Waals surface area contributed by atoms with E-state index in [9.17, 15) is 14.0 Å². The van der Waals surface area contributed by atoms with E-state index in [0.717, 1.165) is 55.6 Å². The van der Waals surface area contributed by atoms with Crippen molar-refractivity contribution < 1.29 is 18.7 Å². The minimum absolute atomic E-state index is 0.191. The van der Waals surface area contributed by atoms with Gasteiger partial charge in [0.25, 0.3) is 0 Å². The first-order valence-corrected chi connectivity index (χ1v) is 11.6. The van der Waals surface area contributed by atoms with E-state index in [-0.39, 0.29) is 11.7 Å². The van der Waals surface area contributed by atoms with Crippen LogP contribution in [0.1, 0.15) is 79.3 Å². The van der Waals surface area contributed by atoms with Crippen LogP contribution in [0.15, 0.2) is 42.5 Å². The number of piperidine rings is 1. The van der Waals surface area contributed by atoms with Gasteiger partial charge in [-0.1, -0.05) is 31.5 Å². The Morgan fingerprint density at radius 1 is 1.06 bits per heavy atom. The number of ether oxygens (including phenoxy) is 1. The second kappa shape index (κ2) is 11.1. The number of rotatable bonds is 9. The van der Waals surface area contributed by atoms with Gasteiger partial charge in [-0.25, -0.2) is 9.18 Å². The van der Waals surface area contributed by atoms with Gasteiger partial charge in [0.05, 0.1) is 18.1 Å². The van der Waals surface area contributed by atoms with Crippen LogP contribution in [0.2, 0.25) is 0 Å². The SMILES string of the molecule is CCCC(c1ccc(F)cc1N1CCCCC1)C(C(N)=O)c1ccc(C(=O)OCC)cc1. The smallest absolute Gasteiger partial charge is 0.338 e. The molecule has 0 aliphatic carbocycles. The quantitative estimate of drug-likeness (QED) is 0.548. The lowest BCUT2D eigenvalue weighted by Gasteiger charge is -2.34. The van der Waals surface area contributed by atoms with Crippen LogP contribution in [-0.4, -0.2) is 31.6 Å². The maximum Gasteiger partial charge on any atom is 0.338 e. The van der Waals surface area contributed by atoms with Gasteiger partial charge in [-0.2, -0.15) is 0 Å². The van der Waals surface area contributed by atoms with E-state index in [1.807, 2.05) is 6.07 Å². The summed E-state index contributed by atoms with van der Waals surface area (Å²) >= 11 is 0. The first kappa shape index (κ1) is 23.8. The number of benzene rings is 2. The van der Waals surface area contributed by atoms with Crippen molar-refractivity contribution in [3.63, 3.8) is 0 Å². The number of esters is 1. The third kappa shape index (κ3) is 5.47. The molecule has 1 aliphatic heterocycles. The lowest BCUT2D eigenvalue weighted by atomic mass is 9.77. The molecule has 0 saturated carbocycles. The van der Waals surface area contributed by atoms with Gasteiger partial charge in [-0.15, -0.1) is 0 Å². The summed E-state index contributed by atoms with van der Waals surface area (Å²) in [5.41, 5.74) is 8.91. The Labute approximate surface area is 189 Å². The highest BCUT2D eigenvalue weighted by molar-refractivity contribution is 5.90. The van der Waals surface area contributed by atoms with Crippen molar-refractivity contribution in [3.05, 3.63) is 65.0 Å². The molecule has 3 rings (SSSR count). The Morgan fingerprint density at radius 2 is 1.75 bits per heavy atom. The standard InChI is InChI=1S/C26H33FN2O3/c1-3-8-22(21-14-13-20(27)17-23(21)29-15-6-5-7-16-29)24(25(28)30)18-9-11-19(12-10-18)26(31)32-4-2/h9-14,17,22,24H,3-8,15-16H2,1-2H3,(H2,28,30). The van der Waals surface area contributed by atoms with Crippen molar-refractivity contribution in [2.45, 2.75) is 57.8 Å². The van der Waals surface area contributed by atoms with E-state index in [1.165, 1.54) is 12.5 Å². The molecule has 6 heteroatoms. The highest BCUT2D eigenvalue weighted by Gasteiger charge is 2.32. The van der Waals surface area contributed by atoms with E-state index >= 15 is 0 Å². The molecule has 0 spiro atoms. The van der Waals surface area contributed by atoms with Crippen LogP contribution >= 0.6 is 0 Å². The summed E-state index contributed by atoms with van der Waals surface area (Å²) < 4.78 is 19.3. The predicted octanol–water partition coefficient (Wildman–Crippen LogP) is 5.15. The average Bonchev–Trinajstić information content (AvgIpc) is 2.80.